The molecule has 0 aromatic rings. The maximum Gasteiger partial charge on any atom is 0.0832 e. The third-order valence-electron chi connectivity index (χ3n) is 1.53. The molecule has 1 heteroatoms. The van der Waals surface area contributed by atoms with E-state index < -0.39 is 0 Å². The molecule has 2 unspecified atom stereocenters. The van der Waals surface area contributed by atoms with Crippen LogP contribution in [0.15, 0.2) is 18.4 Å². The van der Waals surface area contributed by atoms with Crippen LogP contribution in [0.2, 0.25) is 0 Å². The Bertz CT molecular complexity index is 134. The lowest BCUT2D eigenvalue weighted by atomic mass is 10.1. The monoisotopic (exact) mass is 124 g/mol. The van der Waals surface area contributed by atoms with Gasteiger partial charge in [0.1, 0.15) is 0 Å². The van der Waals surface area contributed by atoms with Crippen molar-refractivity contribution >= 4 is 0 Å². The van der Waals surface area contributed by atoms with E-state index in [9.17, 15) is 0 Å². The van der Waals surface area contributed by atoms with Crippen molar-refractivity contribution in [2.75, 3.05) is 6.61 Å². The average Bonchev–Trinajstić information content (AvgIpc) is 2.17. The van der Waals surface area contributed by atoms with Gasteiger partial charge < -0.3 is 4.74 Å². The molecule has 0 amide bonds. The molecule has 1 rings (SSSR count). The summed E-state index contributed by atoms with van der Waals surface area (Å²) in [6.45, 7) is 6.57. The zero-order valence-electron chi connectivity index (χ0n) is 5.76. The van der Waals surface area contributed by atoms with Crippen LogP contribution in [0.3, 0.4) is 0 Å². The van der Waals surface area contributed by atoms with Crippen molar-refractivity contribution in [2.24, 2.45) is 5.92 Å². The SMILES string of the molecule is C=C=CC1CC(C)CO1. The van der Waals surface area contributed by atoms with E-state index in [1.54, 1.807) is 0 Å². The summed E-state index contributed by atoms with van der Waals surface area (Å²) < 4.78 is 5.35. The van der Waals surface area contributed by atoms with Gasteiger partial charge in [0.05, 0.1) is 12.7 Å². The van der Waals surface area contributed by atoms with E-state index in [4.69, 9.17) is 4.74 Å². The summed E-state index contributed by atoms with van der Waals surface area (Å²) in [7, 11) is 0. The van der Waals surface area contributed by atoms with Crippen molar-refractivity contribution in [3.8, 4) is 0 Å². The lowest BCUT2D eigenvalue weighted by Crippen LogP contribution is -1.97. The second-order valence-electron chi connectivity index (χ2n) is 2.58. The van der Waals surface area contributed by atoms with Gasteiger partial charge in [-0.25, -0.2) is 0 Å². The summed E-state index contributed by atoms with van der Waals surface area (Å²) in [6, 6.07) is 0. The third kappa shape index (κ3) is 1.70. The molecular weight excluding hydrogens is 112 g/mol. The molecule has 0 N–H and O–H groups in total. The predicted octanol–water partition coefficient (Wildman–Crippen LogP) is 1.75. The van der Waals surface area contributed by atoms with Gasteiger partial charge >= 0.3 is 0 Å². The highest BCUT2D eigenvalue weighted by molar-refractivity contribution is 4.89. The van der Waals surface area contributed by atoms with Crippen LogP contribution in [0.25, 0.3) is 0 Å². The van der Waals surface area contributed by atoms with Crippen LogP contribution < -0.4 is 0 Å². The van der Waals surface area contributed by atoms with Gasteiger partial charge in [-0.05, 0) is 18.4 Å². The summed E-state index contributed by atoms with van der Waals surface area (Å²) in [5.74, 6) is 0.708. The Kier molecular flexibility index (Phi) is 2.10. The standard InChI is InChI=1S/C8H12O/c1-3-4-8-5-7(2)6-9-8/h4,7-8H,1,5-6H2,2H3. The molecule has 1 aliphatic heterocycles. The zero-order chi connectivity index (χ0) is 6.69. The van der Waals surface area contributed by atoms with Crippen molar-refractivity contribution in [3.05, 3.63) is 18.4 Å². The summed E-state index contributed by atoms with van der Waals surface area (Å²) in [6.07, 6.45) is 3.31. The highest BCUT2D eigenvalue weighted by Crippen LogP contribution is 2.18. The molecule has 0 aliphatic carbocycles. The fourth-order valence-electron chi connectivity index (χ4n) is 1.07. The van der Waals surface area contributed by atoms with Gasteiger partial charge in [0.15, 0.2) is 0 Å². The quantitative estimate of drug-likeness (QED) is 0.484. The van der Waals surface area contributed by atoms with Gasteiger partial charge in [-0.15, -0.1) is 5.73 Å². The predicted molar refractivity (Wildman–Crippen MR) is 37.2 cm³/mol. The van der Waals surface area contributed by atoms with Gasteiger partial charge in [0, 0.05) is 0 Å². The normalized spacial score (nSPS) is 33.9. The van der Waals surface area contributed by atoms with Crippen molar-refractivity contribution < 1.29 is 4.74 Å². The zero-order valence-corrected chi connectivity index (χ0v) is 5.76. The minimum absolute atomic E-state index is 0.289. The minimum Gasteiger partial charge on any atom is -0.373 e. The highest BCUT2D eigenvalue weighted by Gasteiger charge is 2.18. The Morgan fingerprint density at radius 3 is 3.00 bits per heavy atom. The van der Waals surface area contributed by atoms with Crippen molar-refractivity contribution in [3.63, 3.8) is 0 Å². The molecular formula is C8H12O. The van der Waals surface area contributed by atoms with Gasteiger partial charge in [-0.1, -0.05) is 13.5 Å². The molecule has 0 spiro atoms. The van der Waals surface area contributed by atoms with Gasteiger partial charge in [-0.3, -0.25) is 0 Å². The van der Waals surface area contributed by atoms with E-state index in [0.717, 1.165) is 13.0 Å². The van der Waals surface area contributed by atoms with E-state index in [-0.39, 0.29) is 6.10 Å². The van der Waals surface area contributed by atoms with E-state index in [0.29, 0.717) is 5.92 Å². The lowest BCUT2D eigenvalue weighted by molar-refractivity contribution is 0.140. The Morgan fingerprint density at radius 1 is 1.78 bits per heavy atom. The first-order valence-corrected chi connectivity index (χ1v) is 3.30. The molecule has 1 nitrogen and oxygen atoms in total. The topological polar surface area (TPSA) is 9.23 Å². The Hall–Kier alpha value is -0.520. The van der Waals surface area contributed by atoms with Crippen LogP contribution in [-0.4, -0.2) is 12.7 Å². The lowest BCUT2D eigenvalue weighted by Gasteiger charge is -1.97. The molecule has 1 heterocycles. The van der Waals surface area contributed by atoms with Crippen molar-refractivity contribution in [1.29, 1.82) is 0 Å². The Labute approximate surface area is 56.0 Å². The largest absolute Gasteiger partial charge is 0.373 e. The van der Waals surface area contributed by atoms with Gasteiger partial charge in [0.2, 0.25) is 0 Å². The molecule has 1 fully saturated rings. The summed E-state index contributed by atoms with van der Waals surface area (Å²) >= 11 is 0. The fraction of sp³-hybridized carbons (Fsp3) is 0.625. The number of rotatable bonds is 1. The first-order chi connectivity index (χ1) is 4.33. The maximum atomic E-state index is 5.35. The molecule has 0 radical (unpaired) electrons. The molecule has 0 saturated carbocycles. The van der Waals surface area contributed by atoms with Crippen LogP contribution >= 0.6 is 0 Å². The van der Waals surface area contributed by atoms with Gasteiger partial charge in [-0.2, -0.15) is 0 Å². The van der Waals surface area contributed by atoms with E-state index in [1.807, 2.05) is 6.08 Å². The smallest absolute Gasteiger partial charge is 0.0832 e. The molecule has 0 aromatic carbocycles. The molecule has 1 saturated heterocycles. The molecule has 0 aromatic heterocycles. The summed E-state index contributed by atoms with van der Waals surface area (Å²) in [5, 5.41) is 0. The Morgan fingerprint density at radius 2 is 2.56 bits per heavy atom. The van der Waals surface area contributed by atoms with E-state index >= 15 is 0 Å². The van der Waals surface area contributed by atoms with Crippen LogP contribution in [-0.2, 0) is 4.74 Å². The second-order valence-corrected chi connectivity index (χ2v) is 2.58. The summed E-state index contributed by atoms with van der Waals surface area (Å²) in [5.41, 5.74) is 2.73. The first kappa shape index (κ1) is 6.60. The Balaban J connectivity index is 2.38. The summed E-state index contributed by atoms with van der Waals surface area (Å²) in [4.78, 5) is 0. The van der Waals surface area contributed by atoms with Crippen LogP contribution in [0.4, 0.5) is 0 Å². The minimum atomic E-state index is 0.289. The number of hydrogen-bond acceptors (Lipinski definition) is 1. The van der Waals surface area contributed by atoms with Crippen LogP contribution in [0.5, 0.6) is 0 Å². The third-order valence-corrected chi connectivity index (χ3v) is 1.53. The molecule has 1 aliphatic rings. The average molecular weight is 124 g/mol. The fourth-order valence-corrected chi connectivity index (χ4v) is 1.07. The molecule has 9 heavy (non-hydrogen) atoms. The highest BCUT2D eigenvalue weighted by atomic mass is 16.5. The van der Waals surface area contributed by atoms with Gasteiger partial charge in [0.25, 0.3) is 0 Å². The van der Waals surface area contributed by atoms with E-state index in [1.165, 1.54) is 0 Å². The van der Waals surface area contributed by atoms with Crippen LogP contribution in [0, 0.1) is 5.92 Å². The second kappa shape index (κ2) is 2.86. The van der Waals surface area contributed by atoms with Crippen molar-refractivity contribution in [1.82, 2.24) is 0 Å². The van der Waals surface area contributed by atoms with Crippen molar-refractivity contribution in [2.45, 2.75) is 19.4 Å². The molecule has 2 atom stereocenters. The first-order valence-electron chi connectivity index (χ1n) is 3.30. The number of hydrogen-bond donors (Lipinski definition) is 0. The van der Waals surface area contributed by atoms with Crippen LogP contribution in [0.1, 0.15) is 13.3 Å². The maximum absolute atomic E-state index is 5.35. The molecule has 0 bridgehead atoms. The van der Waals surface area contributed by atoms with E-state index in [2.05, 4.69) is 19.2 Å². The molecule has 50 valence electrons. The number of ether oxygens (including phenoxy) is 1.